The molecule has 0 aromatic heterocycles. The van der Waals surface area contributed by atoms with E-state index in [1.54, 1.807) is 27.4 Å². The van der Waals surface area contributed by atoms with Gasteiger partial charge in [0.25, 0.3) is 0 Å². The first-order valence-corrected chi connectivity index (χ1v) is 20.7. The molecule has 0 heterocycles. The van der Waals surface area contributed by atoms with Crippen LogP contribution in [0.4, 0.5) is 0 Å². The topological polar surface area (TPSA) is 0 Å². The van der Waals surface area contributed by atoms with Gasteiger partial charge in [0.2, 0.25) is 0 Å². The third-order valence-electron chi connectivity index (χ3n) is 10.6. The molecule has 0 amide bonds. The fourth-order valence-corrected chi connectivity index (χ4v) is 8.33. The van der Waals surface area contributed by atoms with Gasteiger partial charge in [-0.2, -0.15) is 29.8 Å². The number of hydrogen-bond donors (Lipinski definition) is 0. The van der Waals surface area contributed by atoms with Gasteiger partial charge in [0, 0.05) is 0 Å². The van der Waals surface area contributed by atoms with Gasteiger partial charge >= 0.3 is 112 Å². The van der Waals surface area contributed by atoms with Crippen LogP contribution in [0.1, 0.15) is 70.3 Å². The zero-order valence-corrected chi connectivity index (χ0v) is 36.9. The van der Waals surface area contributed by atoms with Crippen molar-refractivity contribution in [1.82, 2.24) is 0 Å². The molecule has 2 atom stereocenters. The molecule has 284 valence electrons. The van der Waals surface area contributed by atoms with E-state index in [1.807, 2.05) is 12.2 Å². The molecule has 0 radical (unpaired) electrons. The quantitative estimate of drug-likeness (QED) is 0.130. The predicted octanol–water partition coefficient (Wildman–Crippen LogP) is 6.52. The Morgan fingerprint density at radius 2 is 1.16 bits per heavy atom. The normalized spacial score (nSPS) is 12.7. The summed E-state index contributed by atoms with van der Waals surface area (Å²) in [6.45, 7) is 7.03. The van der Waals surface area contributed by atoms with Gasteiger partial charge in [0.05, 0.1) is 0 Å². The molecule has 8 rings (SSSR count). The molecule has 0 saturated heterocycles. The van der Waals surface area contributed by atoms with Crippen molar-refractivity contribution in [2.24, 2.45) is 11.8 Å². The molecule has 2 unspecified atom stereocenters. The zero-order valence-electron chi connectivity index (χ0n) is 32.9. The molecule has 6 aromatic carbocycles. The van der Waals surface area contributed by atoms with Crippen molar-refractivity contribution in [2.75, 3.05) is 0 Å². The number of halogens is 2. The summed E-state index contributed by atoms with van der Waals surface area (Å²) in [5.74, 6) is 1.28. The van der Waals surface area contributed by atoms with Crippen LogP contribution in [0.2, 0.25) is 0 Å². The Balaban J connectivity index is 0.000000252. The molecule has 2 aliphatic carbocycles. The first kappa shape index (κ1) is 44.8. The second kappa shape index (κ2) is 23.4. The van der Waals surface area contributed by atoms with Crippen molar-refractivity contribution in [1.29, 1.82) is 0 Å². The van der Waals surface area contributed by atoms with E-state index >= 15 is 0 Å². The Bertz CT molecular complexity index is 2080. The molecule has 0 saturated carbocycles. The second-order valence-corrected chi connectivity index (χ2v) is 16.7. The summed E-state index contributed by atoms with van der Waals surface area (Å²) in [6.07, 6.45) is 16.5. The van der Waals surface area contributed by atoms with Crippen LogP contribution < -0.4 is 24.8 Å². The molecule has 0 aliphatic heterocycles. The van der Waals surface area contributed by atoms with E-state index in [2.05, 4.69) is 185 Å². The van der Waals surface area contributed by atoms with Gasteiger partial charge < -0.3 is 24.8 Å². The molecule has 0 bridgehead atoms. The first-order chi connectivity index (χ1) is 26.4. The minimum absolute atomic E-state index is 0. The van der Waals surface area contributed by atoms with Crippen LogP contribution in [-0.4, -0.2) is 3.21 Å². The zero-order chi connectivity index (χ0) is 37.5. The number of rotatable bonds is 11. The molecule has 0 N–H and O–H groups in total. The van der Waals surface area contributed by atoms with Crippen molar-refractivity contribution in [2.45, 2.75) is 65.7 Å². The summed E-state index contributed by atoms with van der Waals surface area (Å²) in [7, 11) is 0. The van der Waals surface area contributed by atoms with Crippen LogP contribution in [0.5, 0.6) is 0 Å². The number of hydrogen-bond acceptors (Lipinski definition) is 0. The molecule has 3 heteroatoms. The van der Waals surface area contributed by atoms with Gasteiger partial charge in [-0.3, -0.25) is 6.08 Å². The molecule has 6 aromatic rings. The number of allylic oxidation sites excluding steroid dienone is 4. The van der Waals surface area contributed by atoms with Gasteiger partial charge in [-0.15, -0.1) is 17.5 Å². The molecular formula is C53H52Cl2Zr-2. The van der Waals surface area contributed by atoms with Crippen LogP contribution in [0.15, 0.2) is 164 Å². The average Bonchev–Trinajstić information content (AvgIpc) is 3.89. The van der Waals surface area contributed by atoms with Crippen molar-refractivity contribution >= 4 is 3.21 Å². The molecule has 0 nitrogen and oxygen atoms in total. The van der Waals surface area contributed by atoms with Crippen LogP contribution in [0, 0.1) is 30.9 Å². The number of aryl methyl sites for hydroxylation is 1. The number of benzene rings is 6. The Labute approximate surface area is 364 Å². The van der Waals surface area contributed by atoms with Crippen LogP contribution in [0.3, 0.4) is 0 Å². The Kier molecular flexibility index (Phi) is 18.7. The van der Waals surface area contributed by atoms with E-state index in [4.69, 9.17) is 0 Å². The van der Waals surface area contributed by atoms with Crippen molar-refractivity contribution < 1.29 is 49.0 Å². The van der Waals surface area contributed by atoms with Gasteiger partial charge in [-0.1, -0.05) is 92.2 Å². The fraction of sp³-hybridized carbons (Fsp3) is 0.226. The maximum absolute atomic E-state index is 3.81. The van der Waals surface area contributed by atoms with Crippen LogP contribution >= 0.6 is 0 Å². The summed E-state index contributed by atoms with van der Waals surface area (Å²) < 4.78 is 1.60. The SMILES string of the molecule is Cc1cc2c(cc1Cc1ccccc1)-c1ccc(CC(C)C(C)Cc3ccccc3)[c-]c1C2.[C-]1=CC=CC1.[Cl-].[Cl-].[Zr+2]=[C](Cc1ccccc1)Cc1ccccc1. The van der Waals surface area contributed by atoms with E-state index in [9.17, 15) is 0 Å². The maximum atomic E-state index is 3.81. The third kappa shape index (κ3) is 13.7. The van der Waals surface area contributed by atoms with E-state index in [0.717, 1.165) is 44.9 Å². The summed E-state index contributed by atoms with van der Waals surface area (Å²) in [5, 5.41) is 0. The summed E-state index contributed by atoms with van der Waals surface area (Å²) in [6, 6.07) is 56.4. The molecular weight excluding hydrogens is 799 g/mol. The van der Waals surface area contributed by atoms with Crippen LogP contribution in [0.25, 0.3) is 11.1 Å². The number of fused-ring (bicyclic) bond motifs is 3. The second-order valence-electron chi connectivity index (χ2n) is 14.9. The predicted molar refractivity (Wildman–Crippen MR) is 227 cm³/mol. The van der Waals surface area contributed by atoms with Gasteiger partial charge in [0.1, 0.15) is 0 Å². The first-order valence-electron chi connectivity index (χ1n) is 19.5. The van der Waals surface area contributed by atoms with E-state index in [1.165, 1.54) is 61.2 Å². The van der Waals surface area contributed by atoms with Gasteiger partial charge in [0.15, 0.2) is 0 Å². The minimum atomic E-state index is 0. The van der Waals surface area contributed by atoms with Crippen molar-refractivity contribution in [3.63, 3.8) is 0 Å². The van der Waals surface area contributed by atoms with E-state index in [-0.39, 0.29) is 24.8 Å². The Hall–Kier alpha value is -3.87. The molecule has 0 fully saturated rings. The molecule has 0 spiro atoms. The fourth-order valence-electron chi connectivity index (χ4n) is 7.33. The summed E-state index contributed by atoms with van der Waals surface area (Å²) in [4.78, 5) is 0. The van der Waals surface area contributed by atoms with Crippen LogP contribution in [-0.2, 0) is 62.8 Å². The third-order valence-corrected chi connectivity index (χ3v) is 11.4. The standard InChI is InChI=1S/C33H33.C15H14.C5H5.2ClH.Zr/c1-23(16-26-10-6-4-7-11-26)24(2)17-28-14-15-32-31(20-28)21-30-18-25(3)29(22-33(30)32)19-27-12-8-5-9-13-27;1-3-8-14(9-4-1)12-7-13-15-10-5-2-6-11-15;1-2-4-5-3-1;;;/h4-15,18,22-24H,16-17,19,21H2,1-3H3;1-6,8-11H,12-13H2;1-3H,4H2;2*1H;/q-1;;-1;;;+2/p-2. The van der Waals surface area contributed by atoms with Crippen molar-refractivity contribution in [3.8, 4) is 11.1 Å². The molecule has 56 heavy (non-hydrogen) atoms. The monoisotopic (exact) mass is 848 g/mol. The Morgan fingerprint density at radius 1 is 0.625 bits per heavy atom. The van der Waals surface area contributed by atoms with E-state index in [0.29, 0.717) is 11.8 Å². The molecule has 2 aliphatic rings. The Morgan fingerprint density at radius 3 is 1.68 bits per heavy atom. The van der Waals surface area contributed by atoms with Crippen molar-refractivity contribution in [3.05, 3.63) is 226 Å². The van der Waals surface area contributed by atoms with E-state index < -0.39 is 0 Å². The van der Waals surface area contributed by atoms with Gasteiger partial charge in [-0.05, 0) is 72.3 Å². The summed E-state index contributed by atoms with van der Waals surface area (Å²) >= 11 is 1.55. The summed E-state index contributed by atoms with van der Waals surface area (Å²) in [5.41, 5.74) is 15.5. The average molecular weight is 851 g/mol. The van der Waals surface area contributed by atoms with Gasteiger partial charge in [-0.25, -0.2) is 12.2 Å².